The van der Waals surface area contributed by atoms with Gasteiger partial charge in [0, 0.05) is 0 Å². The summed E-state index contributed by atoms with van der Waals surface area (Å²) >= 11 is 0. The van der Waals surface area contributed by atoms with Gasteiger partial charge in [-0.15, -0.1) is 0 Å². The molecule has 0 aliphatic carbocycles. The molecular weight excluding hydrogens is 329 g/mol. The van der Waals surface area contributed by atoms with Gasteiger partial charge in [0.2, 0.25) is 0 Å². The fourth-order valence-corrected chi connectivity index (χ4v) is 2.58. The van der Waals surface area contributed by atoms with Crippen LogP contribution in [0.3, 0.4) is 0 Å². The van der Waals surface area contributed by atoms with E-state index in [0.29, 0.717) is 16.7 Å². The number of fused-ring (bicyclic) bond motifs is 3. The number of rotatable bonds is 0. The van der Waals surface area contributed by atoms with E-state index < -0.39 is 11.5 Å². The maximum Gasteiger partial charge on any atom is 0.328 e. The number of ether oxygens (including phenoxy) is 2. The Morgan fingerprint density at radius 3 is 2.84 bits per heavy atom. The molecule has 0 spiro atoms. The van der Waals surface area contributed by atoms with Crippen LogP contribution < -0.4 is 20.9 Å². The largest absolute Gasteiger partial charge is 0.486 e. The zero-order valence-electron chi connectivity index (χ0n) is 13.0. The third kappa shape index (κ3) is 2.80. The summed E-state index contributed by atoms with van der Waals surface area (Å²) < 4.78 is 26.1. The number of hydrogen-bond donors (Lipinski definition) is 2. The molecule has 3 heterocycles. The summed E-state index contributed by atoms with van der Waals surface area (Å²) in [4.78, 5) is 23.2. The van der Waals surface area contributed by atoms with E-state index >= 15 is 0 Å². The maximum absolute atomic E-state index is 13.9. The summed E-state index contributed by atoms with van der Waals surface area (Å²) in [6, 6.07) is 4.51. The third-order valence-electron chi connectivity index (χ3n) is 3.78. The van der Waals surface area contributed by atoms with Gasteiger partial charge in [0.1, 0.15) is 18.7 Å². The van der Waals surface area contributed by atoms with Gasteiger partial charge in [-0.1, -0.05) is 6.07 Å². The summed E-state index contributed by atoms with van der Waals surface area (Å²) in [5, 5.41) is 0. The van der Waals surface area contributed by atoms with Crippen molar-refractivity contribution in [3.05, 3.63) is 52.2 Å². The van der Waals surface area contributed by atoms with Crippen LogP contribution >= 0.6 is 0 Å². The minimum Gasteiger partial charge on any atom is -0.486 e. The van der Waals surface area contributed by atoms with E-state index in [1.54, 1.807) is 24.3 Å². The molecule has 8 nitrogen and oxygen atoms in total. The Labute approximate surface area is 140 Å². The Bertz CT molecular complexity index is 1040. The first-order valence-corrected chi connectivity index (χ1v) is 7.57. The van der Waals surface area contributed by atoms with Crippen molar-refractivity contribution < 1.29 is 13.9 Å². The Balaban J connectivity index is 1.90. The van der Waals surface area contributed by atoms with Crippen molar-refractivity contribution in [2.75, 3.05) is 18.9 Å². The summed E-state index contributed by atoms with van der Waals surface area (Å²) in [5.74, 6) is -0.237. The molecule has 0 atom stereocenters. The predicted octanol–water partition coefficient (Wildman–Crippen LogP) is 1.22. The Morgan fingerprint density at radius 2 is 2.00 bits per heavy atom. The second-order valence-electron chi connectivity index (χ2n) is 5.46. The number of aromatic nitrogens is 4. The van der Waals surface area contributed by atoms with Gasteiger partial charge in [-0.2, -0.15) is 9.97 Å². The van der Waals surface area contributed by atoms with Gasteiger partial charge in [-0.25, -0.2) is 9.18 Å². The monoisotopic (exact) mass is 343 g/mol. The molecule has 25 heavy (non-hydrogen) atoms. The van der Waals surface area contributed by atoms with E-state index in [0.717, 1.165) is 0 Å². The van der Waals surface area contributed by atoms with Crippen molar-refractivity contribution in [3.63, 3.8) is 0 Å². The lowest BCUT2D eigenvalue weighted by Crippen LogP contribution is -2.18. The van der Waals surface area contributed by atoms with Crippen LogP contribution in [0.2, 0.25) is 0 Å². The Kier molecular flexibility index (Phi) is 3.60. The molecule has 9 heteroatoms. The molecule has 0 fully saturated rings. The molecular formula is C16H14FN5O3. The number of benzene rings is 1. The van der Waals surface area contributed by atoms with Gasteiger partial charge < -0.3 is 20.2 Å². The maximum atomic E-state index is 13.9. The van der Waals surface area contributed by atoms with Gasteiger partial charge in [-0.05, 0) is 29.8 Å². The van der Waals surface area contributed by atoms with Crippen molar-refractivity contribution >= 4 is 17.0 Å². The van der Waals surface area contributed by atoms with E-state index in [1.807, 2.05) is 0 Å². The average molecular weight is 343 g/mol. The number of H-pyrrole nitrogens is 1. The number of hydrogen-bond acceptors (Lipinski definition) is 6. The third-order valence-corrected chi connectivity index (χ3v) is 3.78. The molecule has 4 rings (SSSR count). The van der Waals surface area contributed by atoms with Crippen molar-refractivity contribution in [3.8, 4) is 11.8 Å². The Hall–Kier alpha value is -3.36. The summed E-state index contributed by atoms with van der Waals surface area (Å²) in [6.45, 7) is 0.536. The highest BCUT2D eigenvalue weighted by Crippen LogP contribution is 2.22. The minimum atomic E-state index is -0.472. The number of aromatic amines is 1. The molecule has 2 aromatic heterocycles. The lowest BCUT2D eigenvalue weighted by molar-refractivity contribution is 0.325. The first kappa shape index (κ1) is 15.2. The topological polar surface area (TPSA) is 108 Å². The van der Waals surface area contributed by atoms with Crippen LogP contribution in [-0.4, -0.2) is 32.7 Å². The lowest BCUT2D eigenvalue weighted by atomic mass is 10.2. The molecule has 0 amide bonds. The molecule has 3 aromatic rings. The molecule has 3 N–H and O–H groups in total. The summed E-state index contributed by atoms with van der Waals surface area (Å²) in [6.07, 6.45) is 3.40. The SMILES string of the molecule is Nc1nc2nc3c1[nH]c(=O)n3Cc1ccc(F)c(c1)OCC=CCO2. The zero-order chi connectivity index (χ0) is 17.4. The van der Waals surface area contributed by atoms with Crippen LogP contribution in [0.4, 0.5) is 10.2 Å². The molecule has 1 aromatic carbocycles. The molecule has 0 radical (unpaired) electrons. The van der Waals surface area contributed by atoms with Gasteiger partial charge in [0.05, 0.1) is 6.54 Å². The molecule has 1 aliphatic rings. The number of nitrogens with two attached hydrogens (primary N) is 1. The van der Waals surface area contributed by atoms with Crippen LogP contribution in [0.25, 0.3) is 11.2 Å². The van der Waals surface area contributed by atoms with Crippen LogP contribution in [0.15, 0.2) is 35.1 Å². The predicted molar refractivity (Wildman–Crippen MR) is 88.2 cm³/mol. The van der Waals surface area contributed by atoms with Crippen LogP contribution in [0.5, 0.6) is 11.8 Å². The number of halogens is 1. The van der Waals surface area contributed by atoms with Crippen LogP contribution in [-0.2, 0) is 6.54 Å². The highest BCUT2D eigenvalue weighted by molar-refractivity contribution is 5.81. The molecule has 128 valence electrons. The van der Waals surface area contributed by atoms with Crippen LogP contribution in [0, 0.1) is 5.82 Å². The average Bonchev–Trinajstić information content (AvgIpc) is 2.90. The standard InChI is InChI=1S/C16H14FN5O3/c17-10-4-3-9-7-11(10)24-5-1-2-6-25-15-20-13(18)12-14(21-15)22(8-9)16(23)19-12/h1-4,7H,5-6,8H2,(H,19,23)(H2,18,20,21). The lowest BCUT2D eigenvalue weighted by Gasteiger charge is -2.10. The molecule has 0 saturated heterocycles. The normalized spacial score (nSPS) is 14.1. The van der Waals surface area contributed by atoms with Crippen molar-refractivity contribution in [1.82, 2.24) is 19.5 Å². The molecule has 1 aliphatic heterocycles. The van der Waals surface area contributed by atoms with E-state index in [1.165, 1.54) is 10.6 Å². The summed E-state index contributed by atoms with van der Waals surface area (Å²) in [7, 11) is 0. The van der Waals surface area contributed by atoms with Crippen LogP contribution in [0.1, 0.15) is 5.56 Å². The number of anilines is 1. The number of nitrogen functional groups attached to an aromatic ring is 1. The van der Waals surface area contributed by atoms with E-state index in [-0.39, 0.29) is 37.3 Å². The van der Waals surface area contributed by atoms with E-state index in [2.05, 4.69) is 15.0 Å². The smallest absolute Gasteiger partial charge is 0.328 e. The second kappa shape index (κ2) is 5.93. The fraction of sp³-hybridized carbons (Fsp3) is 0.188. The Morgan fingerprint density at radius 1 is 1.20 bits per heavy atom. The van der Waals surface area contributed by atoms with Gasteiger partial charge in [0.25, 0.3) is 0 Å². The van der Waals surface area contributed by atoms with E-state index in [4.69, 9.17) is 15.2 Å². The number of nitrogens with zero attached hydrogens (tertiary/aromatic N) is 3. The zero-order valence-corrected chi connectivity index (χ0v) is 13.0. The first-order chi connectivity index (χ1) is 12.1. The quantitative estimate of drug-likeness (QED) is 0.594. The summed E-state index contributed by atoms with van der Waals surface area (Å²) in [5.41, 5.74) is 6.83. The van der Waals surface area contributed by atoms with Crippen molar-refractivity contribution in [2.24, 2.45) is 0 Å². The highest BCUT2D eigenvalue weighted by atomic mass is 19.1. The van der Waals surface area contributed by atoms with Crippen molar-refractivity contribution in [1.29, 1.82) is 0 Å². The van der Waals surface area contributed by atoms with Crippen molar-refractivity contribution in [2.45, 2.75) is 6.54 Å². The molecule has 4 bridgehead atoms. The highest BCUT2D eigenvalue weighted by Gasteiger charge is 2.16. The van der Waals surface area contributed by atoms with E-state index in [9.17, 15) is 9.18 Å². The first-order valence-electron chi connectivity index (χ1n) is 7.57. The molecule has 0 unspecified atom stereocenters. The molecule has 0 saturated carbocycles. The van der Waals surface area contributed by atoms with Gasteiger partial charge >= 0.3 is 11.7 Å². The van der Waals surface area contributed by atoms with Gasteiger partial charge in [-0.3, -0.25) is 4.57 Å². The van der Waals surface area contributed by atoms with Gasteiger partial charge in [0.15, 0.2) is 23.0 Å². The fourth-order valence-electron chi connectivity index (χ4n) is 2.58. The number of imidazole rings is 1. The second-order valence-corrected chi connectivity index (χ2v) is 5.46. The minimum absolute atomic E-state index is 0.0696. The number of nitrogens with one attached hydrogen (secondary N) is 1.